The quantitative estimate of drug-likeness (QED) is 0.0249. The van der Waals surface area contributed by atoms with Crippen LogP contribution >= 0.6 is 0 Å². The summed E-state index contributed by atoms with van der Waals surface area (Å²) in [5.41, 5.74) is 17.2. The summed E-state index contributed by atoms with van der Waals surface area (Å²) in [5.74, 6) is -10.4. The van der Waals surface area contributed by atoms with Gasteiger partial charge in [-0.05, 0) is 74.7 Å². The van der Waals surface area contributed by atoms with Crippen molar-refractivity contribution in [1.29, 1.82) is 0 Å². The molecule has 1 aromatic rings. The molecule has 26 nitrogen and oxygen atoms in total. The Kier molecular flexibility index (Phi) is 32.9. The van der Waals surface area contributed by atoms with Crippen molar-refractivity contribution in [3.63, 3.8) is 0 Å². The number of aliphatic hydroxyl groups excluding tert-OH is 1. The molecule has 0 spiro atoms. The third kappa shape index (κ3) is 26.5. The predicted octanol–water partition coefficient (Wildman–Crippen LogP) is 0.990. The van der Waals surface area contributed by atoms with E-state index in [1.54, 1.807) is 58.0 Å². The zero-order valence-corrected chi connectivity index (χ0v) is 52.4. The van der Waals surface area contributed by atoms with Crippen LogP contribution in [-0.2, 0) is 59.2 Å². The zero-order chi connectivity index (χ0) is 65.0. The normalized spacial score (nSPS) is 17.1. The van der Waals surface area contributed by atoms with Crippen LogP contribution in [0.1, 0.15) is 165 Å². The van der Waals surface area contributed by atoms with Gasteiger partial charge in [0.1, 0.15) is 54.4 Å². The van der Waals surface area contributed by atoms with Crippen molar-refractivity contribution >= 4 is 71.0 Å². The van der Waals surface area contributed by atoms with E-state index >= 15 is 0 Å². The molecular weight excluding hydrogens is 1110 g/mol. The second-order valence-corrected chi connectivity index (χ2v) is 24.0. The van der Waals surface area contributed by atoms with E-state index in [4.69, 9.17) is 17.2 Å². The SMILES string of the molecule is CCCCCCCC(=O)N[C@H](C)C(=O)N[C@@H](Cc1ccccc1)C(=O)N[C@H](CC(C)C)C(=O)N[C@@H](CC(C)C)C(=O)N1C[C@H](O)C[C@H]1C(=O)N(C)[C@@H](CC(C)C)C(=O)N[C@@H](CC(=O)O)C(=O)N[C@@H](CCCN=C(N)N)C(=O)N[C@H](C(N)=O)[C@@H](C)CC. The highest BCUT2D eigenvalue weighted by Crippen LogP contribution is 2.25. The smallest absolute Gasteiger partial charge is 0.305 e. The number of likely N-dealkylation sites (N-methyl/N-ethyl adjacent to an activating group) is 1. The topological polar surface area (TPSA) is 409 Å². The molecule has 1 aliphatic rings. The maximum atomic E-state index is 14.9. The number of nitrogens with one attached hydrogen (secondary N) is 7. The summed E-state index contributed by atoms with van der Waals surface area (Å²) >= 11 is 0. The first-order valence-electron chi connectivity index (χ1n) is 30.4. The minimum absolute atomic E-state index is 0.0294. The standard InChI is InChI=1S/C60H101N13O13/c1-12-14-15-16-20-25-48(75)65-38(10)52(79)67-43(30-39-22-18-17-19-23-39)55(82)68-42(27-34(3)4)54(81)70-45(28-35(5)6)58(85)73-33-40(74)31-47(73)59(86)72(11)46(29-36(7)8)57(84)69-44(32-49(76)77)56(83)66-41(24-21-26-64-60(62)63)53(80)71-50(51(61)78)37(9)13-2/h17-19,22-23,34-38,40-47,50,74H,12-16,20-21,24-33H2,1-11H3,(H2,61,78)(H,65,75)(H,66,83)(H,67,79)(H,68,82)(H,69,84)(H,70,81)(H,71,80)(H,76,77)(H4,62,63,64)/t37-,38+,40+,41-,42+,43-,44-,45-,46-,47-,50-/m0/s1. The van der Waals surface area contributed by atoms with Gasteiger partial charge in [0.2, 0.25) is 59.1 Å². The summed E-state index contributed by atoms with van der Waals surface area (Å²) < 4.78 is 0. The fourth-order valence-corrected chi connectivity index (χ4v) is 10.0. The number of nitrogens with zero attached hydrogens (tertiary/aromatic N) is 3. The second-order valence-electron chi connectivity index (χ2n) is 24.0. The van der Waals surface area contributed by atoms with Crippen molar-refractivity contribution in [3.05, 3.63) is 35.9 Å². The van der Waals surface area contributed by atoms with E-state index in [1.807, 2.05) is 27.7 Å². The number of carboxylic acid groups (broad SMARTS) is 1. The van der Waals surface area contributed by atoms with E-state index in [9.17, 15) is 63.0 Å². The Bertz CT molecular complexity index is 2440. The Labute approximate surface area is 507 Å². The van der Waals surface area contributed by atoms with Crippen molar-refractivity contribution in [2.45, 2.75) is 226 Å². The summed E-state index contributed by atoms with van der Waals surface area (Å²) in [7, 11) is 1.30. The van der Waals surface area contributed by atoms with E-state index in [2.05, 4.69) is 49.1 Å². The molecule has 1 aliphatic heterocycles. The number of aliphatic carboxylic acids is 1. The molecule has 0 aromatic heterocycles. The van der Waals surface area contributed by atoms with E-state index in [0.29, 0.717) is 18.4 Å². The van der Waals surface area contributed by atoms with Crippen LogP contribution in [0.5, 0.6) is 0 Å². The maximum absolute atomic E-state index is 14.9. The number of rotatable bonds is 39. The Hall–Kier alpha value is -7.38. The molecule has 15 N–H and O–H groups in total. The molecule has 86 heavy (non-hydrogen) atoms. The van der Waals surface area contributed by atoms with Gasteiger partial charge in [-0.2, -0.15) is 0 Å². The van der Waals surface area contributed by atoms with E-state index in [1.165, 1.54) is 14.0 Å². The van der Waals surface area contributed by atoms with Gasteiger partial charge in [0.25, 0.3) is 0 Å². The minimum Gasteiger partial charge on any atom is -0.481 e. The average Bonchev–Trinajstić information content (AvgIpc) is 4.01. The summed E-state index contributed by atoms with van der Waals surface area (Å²) in [6.07, 6.45) is 3.13. The van der Waals surface area contributed by atoms with Gasteiger partial charge in [-0.15, -0.1) is 0 Å². The van der Waals surface area contributed by atoms with Gasteiger partial charge in [0.05, 0.1) is 12.5 Å². The molecule has 1 fully saturated rings. The number of carbonyl (C=O) groups excluding carboxylic acids is 10. The lowest BCUT2D eigenvalue weighted by Crippen LogP contribution is -2.61. The Morgan fingerprint density at radius 3 is 1.74 bits per heavy atom. The molecule has 1 heterocycles. The van der Waals surface area contributed by atoms with Crippen molar-refractivity contribution in [3.8, 4) is 0 Å². The minimum atomic E-state index is -1.81. The summed E-state index contributed by atoms with van der Waals surface area (Å²) in [5, 5.41) is 39.7. The fourth-order valence-electron chi connectivity index (χ4n) is 10.0. The van der Waals surface area contributed by atoms with Crippen LogP contribution < -0.4 is 54.4 Å². The molecule has 10 amide bonds. The van der Waals surface area contributed by atoms with Crippen LogP contribution in [0.4, 0.5) is 0 Å². The van der Waals surface area contributed by atoms with E-state index in [-0.39, 0.29) is 94.1 Å². The molecule has 11 atom stereocenters. The highest BCUT2D eigenvalue weighted by atomic mass is 16.4. The molecule has 2 rings (SSSR count). The van der Waals surface area contributed by atoms with E-state index < -0.39 is 132 Å². The zero-order valence-electron chi connectivity index (χ0n) is 52.4. The molecule has 0 bridgehead atoms. The van der Waals surface area contributed by atoms with Gasteiger partial charge in [0, 0.05) is 39.4 Å². The predicted molar refractivity (Wildman–Crippen MR) is 325 cm³/mol. The third-order valence-corrected chi connectivity index (χ3v) is 14.9. The number of carbonyl (C=O) groups is 11. The number of nitrogens with two attached hydrogens (primary N) is 3. The number of guanidine groups is 1. The number of unbranched alkanes of at least 4 members (excludes halogenated alkanes) is 4. The van der Waals surface area contributed by atoms with Crippen molar-refractivity contribution < 1.29 is 63.0 Å². The first kappa shape index (κ1) is 74.7. The first-order valence-corrected chi connectivity index (χ1v) is 30.4. The van der Waals surface area contributed by atoms with Gasteiger partial charge in [-0.3, -0.25) is 57.7 Å². The number of amides is 10. The monoisotopic (exact) mass is 1210 g/mol. The summed E-state index contributed by atoms with van der Waals surface area (Å²) in [4.78, 5) is 158. The van der Waals surface area contributed by atoms with Gasteiger partial charge in [0.15, 0.2) is 5.96 Å². The third-order valence-electron chi connectivity index (χ3n) is 14.9. The van der Waals surface area contributed by atoms with Gasteiger partial charge in [-0.25, -0.2) is 0 Å². The van der Waals surface area contributed by atoms with Gasteiger partial charge in [-0.1, -0.05) is 125 Å². The number of aliphatic imine (C=N–C) groups is 1. The molecule has 0 unspecified atom stereocenters. The Morgan fingerprint density at radius 2 is 1.17 bits per heavy atom. The van der Waals surface area contributed by atoms with E-state index in [0.717, 1.165) is 35.5 Å². The molecule has 26 heteroatoms. The van der Waals surface area contributed by atoms with Crippen LogP contribution in [0.2, 0.25) is 0 Å². The largest absolute Gasteiger partial charge is 0.481 e. The van der Waals surface area contributed by atoms with Gasteiger partial charge >= 0.3 is 5.97 Å². The molecule has 0 aliphatic carbocycles. The Morgan fingerprint density at radius 1 is 0.640 bits per heavy atom. The number of carboxylic acids is 1. The number of likely N-dealkylation sites (tertiary alicyclic amines) is 1. The fraction of sp³-hybridized carbons (Fsp3) is 0.700. The van der Waals surface area contributed by atoms with Crippen LogP contribution in [0.15, 0.2) is 35.3 Å². The van der Waals surface area contributed by atoms with Crippen LogP contribution in [0.3, 0.4) is 0 Å². The Balaban J connectivity index is 2.47. The van der Waals surface area contributed by atoms with Crippen molar-refractivity contribution in [2.24, 2.45) is 45.9 Å². The van der Waals surface area contributed by atoms with Gasteiger partial charge < -0.3 is 74.4 Å². The molecular formula is C60H101N13O13. The number of primary amides is 1. The lowest BCUT2D eigenvalue weighted by molar-refractivity contribution is -0.149. The summed E-state index contributed by atoms with van der Waals surface area (Å²) in [6, 6.07) is -2.90. The molecule has 484 valence electrons. The van der Waals surface area contributed by atoms with Crippen LogP contribution in [0, 0.1) is 23.7 Å². The molecule has 1 saturated heterocycles. The molecule has 0 radical (unpaired) electrons. The maximum Gasteiger partial charge on any atom is 0.305 e. The van der Waals surface area contributed by atoms with Crippen molar-refractivity contribution in [2.75, 3.05) is 20.1 Å². The average molecular weight is 1210 g/mol. The highest BCUT2D eigenvalue weighted by molar-refractivity contribution is 5.99. The number of aliphatic hydroxyl groups is 1. The van der Waals surface area contributed by atoms with Crippen LogP contribution in [0.25, 0.3) is 0 Å². The number of hydrogen-bond acceptors (Lipinski definition) is 13. The highest BCUT2D eigenvalue weighted by Gasteiger charge is 2.45. The molecule has 1 aromatic carbocycles. The number of hydrogen-bond donors (Lipinski definition) is 12. The number of β-amino-alcohol motifs (C(OH)–C–C–N with tert-alkyl or cyclic N) is 1. The lowest BCUT2D eigenvalue weighted by atomic mass is 9.97. The van der Waals surface area contributed by atoms with Crippen LogP contribution in [-0.4, -0.2) is 172 Å². The first-order chi connectivity index (χ1) is 40.4. The lowest BCUT2D eigenvalue weighted by Gasteiger charge is -2.35. The number of benzene rings is 1. The molecule has 0 saturated carbocycles. The van der Waals surface area contributed by atoms with Crippen molar-refractivity contribution in [1.82, 2.24) is 47.0 Å². The summed E-state index contributed by atoms with van der Waals surface area (Å²) in [6.45, 7) is 17.6. The second kappa shape index (κ2) is 37.9.